The second-order valence-electron chi connectivity index (χ2n) is 3.85. The topological polar surface area (TPSA) is 82.8 Å². The summed E-state index contributed by atoms with van der Waals surface area (Å²) in [5, 5.41) is 17.3. The largest absolute Gasteiger partial charge is 0.449 e. The van der Waals surface area contributed by atoms with Gasteiger partial charge in [-0.05, 0) is 30.3 Å². The van der Waals surface area contributed by atoms with Gasteiger partial charge < -0.3 is 10.5 Å². The molecule has 0 aliphatic heterocycles. The maximum absolute atomic E-state index is 13.7. The average Bonchev–Trinajstić information content (AvgIpc) is 2.43. The van der Waals surface area contributed by atoms with E-state index >= 15 is 0 Å². The third-order valence-corrected chi connectivity index (χ3v) is 2.48. The Morgan fingerprint density at radius 1 is 0.950 bits per heavy atom. The summed E-state index contributed by atoms with van der Waals surface area (Å²) in [7, 11) is 0. The first-order valence-corrected chi connectivity index (χ1v) is 5.41. The lowest BCUT2D eigenvalue weighted by Gasteiger charge is -2.10. The van der Waals surface area contributed by atoms with Crippen molar-refractivity contribution in [1.29, 1.82) is 10.5 Å². The monoisotopic (exact) mass is 271 g/mol. The Labute approximate surface area is 113 Å². The minimum absolute atomic E-state index is 0.0199. The number of benzene rings is 2. The van der Waals surface area contributed by atoms with Gasteiger partial charge in [0, 0.05) is 0 Å². The van der Waals surface area contributed by atoms with Crippen LogP contribution in [0.3, 0.4) is 0 Å². The lowest BCUT2D eigenvalue weighted by molar-refractivity contribution is 0.408. The maximum atomic E-state index is 13.7. The van der Waals surface area contributed by atoms with Crippen molar-refractivity contribution >= 4 is 5.69 Å². The van der Waals surface area contributed by atoms with Gasteiger partial charge in [0.2, 0.25) is 0 Å². The highest BCUT2D eigenvalue weighted by atomic mass is 19.1. The predicted molar refractivity (Wildman–Crippen MR) is 66.7 cm³/mol. The van der Waals surface area contributed by atoms with Crippen LogP contribution in [0.1, 0.15) is 11.1 Å². The van der Waals surface area contributed by atoms with E-state index in [1.807, 2.05) is 6.07 Å². The van der Waals surface area contributed by atoms with Gasteiger partial charge in [-0.1, -0.05) is 0 Å². The van der Waals surface area contributed by atoms with Crippen LogP contribution in [0.4, 0.5) is 14.5 Å². The van der Waals surface area contributed by atoms with E-state index in [0.717, 1.165) is 12.1 Å². The Morgan fingerprint density at radius 2 is 1.55 bits per heavy atom. The average molecular weight is 271 g/mol. The molecule has 0 aliphatic rings. The fourth-order valence-electron chi connectivity index (χ4n) is 1.54. The normalized spacial score (nSPS) is 9.60. The van der Waals surface area contributed by atoms with Gasteiger partial charge in [0.25, 0.3) is 0 Å². The summed E-state index contributed by atoms with van der Waals surface area (Å²) in [4.78, 5) is 0. The van der Waals surface area contributed by atoms with Crippen molar-refractivity contribution in [3.8, 4) is 23.6 Å². The van der Waals surface area contributed by atoms with Crippen LogP contribution in [0, 0.1) is 34.3 Å². The SMILES string of the molecule is N#Cc1ccc(Oc2c(F)cc(C#N)cc2F)c(N)c1. The van der Waals surface area contributed by atoms with E-state index in [1.165, 1.54) is 18.2 Å². The van der Waals surface area contributed by atoms with Crippen LogP contribution in [-0.2, 0) is 0 Å². The highest BCUT2D eigenvalue weighted by Crippen LogP contribution is 2.32. The number of ether oxygens (including phenoxy) is 1. The van der Waals surface area contributed by atoms with E-state index in [2.05, 4.69) is 0 Å². The zero-order chi connectivity index (χ0) is 14.7. The van der Waals surface area contributed by atoms with Gasteiger partial charge >= 0.3 is 0 Å². The molecule has 0 saturated heterocycles. The number of nitriles is 2. The Bertz CT molecular complexity index is 737. The molecule has 0 aliphatic carbocycles. The number of hydrogen-bond acceptors (Lipinski definition) is 4. The molecular formula is C14H7F2N3O. The van der Waals surface area contributed by atoms with Crippen molar-refractivity contribution in [2.75, 3.05) is 5.73 Å². The molecule has 2 N–H and O–H groups in total. The van der Waals surface area contributed by atoms with Crippen LogP contribution in [0.5, 0.6) is 11.5 Å². The third-order valence-electron chi connectivity index (χ3n) is 2.48. The predicted octanol–water partition coefficient (Wildman–Crippen LogP) is 3.08. The maximum Gasteiger partial charge on any atom is 0.198 e. The van der Waals surface area contributed by atoms with Crippen molar-refractivity contribution in [3.05, 3.63) is 53.1 Å². The fourth-order valence-corrected chi connectivity index (χ4v) is 1.54. The summed E-state index contributed by atoms with van der Waals surface area (Å²) in [6.07, 6.45) is 0. The molecule has 6 heteroatoms. The second kappa shape index (κ2) is 5.25. The molecule has 2 aromatic rings. The van der Waals surface area contributed by atoms with E-state index in [9.17, 15) is 8.78 Å². The van der Waals surface area contributed by atoms with Crippen LogP contribution in [-0.4, -0.2) is 0 Å². The lowest BCUT2D eigenvalue weighted by Crippen LogP contribution is -1.97. The van der Waals surface area contributed by atoms with Crippen LogP contribution in [0.25, 0.3) is 0 Å². The Morgan fingerprint density at radius 3 is 2.05 bits per heavy atom. The molecule has 0 unspecified atom stereocenters. The number of nitrogen functional groups attached to an aromatic ring is 1. The Balaban J connectivity index is 2.41. The van der Waals surface area contributed by atoms with Crippen molar-refractivity contribution in [1.82, 2.24) is 0 Å². The number of hydrogen-bond donors (Lipinski definition) is 1. The number of nitrogens with zero attached hydrogens (tertiary/aromatic N) is 2. The van der Waals surface area contributed by atoms with Gasteiger partial charge in [-0.15, -0.1) is 0 Å². The molecule has 4 nitrogen and oxygen atoms in total. The number of rotatable bonds is 2. The van der Waals surface area contributed by atoms with Crippen molar-refractivity contribution < 1.29 is 13.5 Å². The minimum atomic E-state index is -1.01. The van der Waals surface area contributed by atoms with Gasteiger partial charge in [-0.2, -0.15) is 10.5 Å². The van der Waals surface area contributed by atoms with Crippen LogP contribution in [0.15, 0.2) is 30.3 Å². The highest BCUT2D eigenvalue weighted by Gasteiger charge is 2.15. The summed E-state index contributed by atoms with van der Waals surface area (Å²) >= 11 is 0. The Hall–Kier alpha value is -3.12. The summed E-state index contributed by atoms with van der Waals surface area (Å²) in [5.41, 5.74) is 5.85. The van der Waals surface area contributed by atoms with Crippen LogP contribution >= 0.6 is 0 Å². The second-order valence-corrected chi connectivity index (χ2v) is 3.85. The first-order valence-electron chi connectivity index (χ1n) is 5.41. The summed E-state index contributed by atoms with van der Waals surface area (Å²) < 4.78 is 32.4. The minimum Gasteiger partial charge on any atom is -0.449 e. The zero-order valence-corrected chi connectivity index (χ0v) is 10.0. The summed E-state index contributed by atoms with van der Waals surface area (Å²) in [6.45, 7) is 0. The molecule has 20 heavy (non-hydrogen) atoms. The zero-order valence-electron chi connectivity index (χ0n) is 10.0. The summed E-state index contributed by atoms with van der Waals surface area (Å²) in [5.74, 6) is -2.65. The molecular weight excluding hydrogens is 264 g/mol. The third kappa shape index (κ3) is 2.50. The van der Waals surface area contributed by atoms with E-state index in [0.29, 0.717) is 5.56 Å². The smallest absolute Gasteiger partial charge is 0.198 e. The number of nitrogens with two attached hydrogens (primary N) is 1. The first kappa shape index (κ1) is 13.3. The molecule has 2 rings (SSSR count). The van der Waals surface area contributed by atoms with Gasteiger partial charge in [-0.3, -0.25) is 0 Å². The summed E-state index contributed by atoms with van der Waals surface area (Å²) in [6, 6.07) is 9.30. The quantitative estimate of drug-likeness (QED) is 0.851. The molecule has 0 aromatic heterocycles. The molecule has 0 spiro atoms. The van der Waals surface area contributed by atoms with Gasteiger partial charge in [0.05, 0.1) is 29.0 Å². The lowest BCUT2D eigenvalue weighted by atomic mass is 10.2. The van der Waals surface area contributed by atoms with Crippen LogP contribution in [0.2, 0.25) is 0 Å². The molecule has 98 valence electrons. The molecule has 0 radical (unpaired) electrons. The van der Waals surface area contributed by atoms with E-state index in [1.54, 1.807) is 6.07 Å². The van der Waals surface area contributed by atoms with Crippen molar-refractivity contribution in [3.63, 3.8) is 0 Å². The standard InChI is InChI=1S/C14H7F2N3O/c15-10-3-9(7-18)4-11(16)14(10)20-13-2-1-8(6-17)5-12(13)19/h1-5H,19H2. The van der Waals surface area contributed by atoms with Gasteiger partial charge in [-0.25, -0.2) is 8.78 Å². The molecule has 0 fully saturated rings. The van der Waals surface area contributed by atoms with E-state index in [4.69, 9.17) is 21.0 Å². The van der Waals surface area contributed by atoms with Crippen LogP contribution < -0.4 is 10.5 Å². The molecule has 0 heterocycles. The molecule has 2 aromatic carbocycles. The first-order chi connectivity index (χ1) is 9.55. The molecule has 0 saturated carbocycles. The molecule has 0 atom stereocenters. The number of halogens is 2. The molecule has 0 bridgehead atoms. The van der Waals surface area contributed by atoms with Crippen molar-refractivity contribution in [2.24, 2.45) is 0 Å². The van der Waals surface area contributed by atoms with Crippen molar-refractivity contribution in [2.45, 2.75) is 0 Å². The molecule has 0 amide bonds. The highest BCUT2D eigenvalue weighted by molar-refractivity contribution is 5.58. The van der Waals surface area contributed by atoms with E-state index in [-0.39, 0.29) is 17.0 Å². The van der Waals surface area contributed by atoms with Gasteiger partial charge in [0.1, 0.15) is 0 Å². The Kier molecular flexibility index (Phi) is 3.49. The van der Waals surface area contributed by atoms with Gasteiger partial charge in [0.15, 0.2) is 23.1 Å². The number of anilines is 1. The van der Waals surface area contributed by atoms with E-state index < -0.39 is 17.4 Å². The fraction of sp³-hybridized carbons (Fsp3) is 0.